The average molecular weight is 397 g/mol. The Bertz CT molecular complexity index is 1150. The Hall–Kier alpha value is -3.75. The molecule has 4 N–H and O–H groups in total. The molecule has 3 amide bonds. The fourth-order valence-electron chi connectivity index (χ4n) is 3.33. The van der Waals surface area contributed by atoms with Crippen LogP contribution in [0.5, 0.6) is 0 Å². The van der Waals surface area contributed by atoms with Crippen molar-refractivity contribution < 1.29 is 18.4 Å². The van der Waals surface area contributed by atoms with Crippen LogP contribution in [0.2, 0.25) is 0 Å². The van der Waals surface area contributed by atoms with E-state index in [4.69, 9.17) is 0 Å². The van der Waals surface area contributed by atoms with Gasteiger partial charge in [-0.15, -0.1) is 0 Å². The first-order valence-corrected chi connectivity index (χ1v) is 8.83. The Labute approximate surface area is 164 Å². The largest absolute Gasteiger partial charge is 0.327 e. The second-order valence-corrected chi connectivity index (χ2v) is 6.69. The third kappa shape index (κ3) is 3.54. The Morgan fingerprint density at radius 3 is 2.83 bits per heavy atom. The third-order valence-electron chi connectivity index (χ3n) is 4.74. The van der Waals surface area contributed by atoms with Crippen molar-refractivity contribution in [1.82, 2.24) is 20.8 Å². The lowest BCUT2D eigenvalue weighted by Crippen LogP contribution is -2.46. The van der Waals surface area contributed by atoms with Crippen LogP contribution in [0, 0.1) is 5.82 Å². The third-order valence-corrected chi connectivity index (χ3v) is 4.74. The van der Waals surface area contributed by atoms with Crippen molar-refractivity contribution in [2.45, 2.75) is 19.6 Å². The fourth-order valence-corrected chi connectivity index (χ4v) is 3.33. The van der Waals surface area contributed by atoms with Crippen molar-refractivity contribution in [1.29, 1.82) is 0 Å². The zero-order valence-electron chi connectivity index (χ0n) is 15.3. The average Bonchev–Trinajstić information content (AvgIpc) is 3.14. The van der Waals surface area contributed by atoms with E-state index in [0.29, 0.717) is 11.4 Å². The lowest BCUT2D eigenvalue weighted by Gasteiger charge is -2.29. The maximum Gasteiger partial charge on any atom is 0.319 e. The van der Waals surface area contributed by atoms with Gasteiger partial charge in [0.05, 0.1) is 23.3 Å². The van der Waals surface area contributed by atoms with Crippen molar-refractivity contribution in [3.63, 3.8) is 0 Å². The highest BCUT2D eigenvalue weighted by Gasteiger charge is 2.33. The first-order valence-electron chi connectivity index (χ1n) is 8.83. The molecule has 2 heterocycles. The number of carbonyl (C=O) groups excluding carboxylic acids is 2. The van der Waals surface area contributed by atoms with Crippen LogP contribution >= 0.6 is 0 Å². The molecule has 29 heavy (non-hydrogen) atoms. The van der Waals surface area contributed by atoms with Gasteiger partial charge in [0, 0.05) is 22.3 Å². The molecular formula is C20H17F2N5O2. The van der Waals surface area contributed by atoms with Gasteiger partial charge in [-0.3, -0.25) is 9.89 Å². The van der Waals surface area contributed by atoms with E-state index in [1.54, 1.807) is 31.3 Å². The number of allylic oxidation sites excluding steroid dienone is 1. The van der Waals surface area contributed by atoms with Crippen molar-refractivity contribution in [3.05, 3.63) is 70.8 Å². The first kappa shape index (κ1) is 18.6. The van der Waals surface area contributed by atoms with Crippen molar-refractivity contribution >= 4 is 28.5 Å². The molecule has 7 nitrogen and oxygen atoms in total. The number of anilines is 1. The number of hydrogen-bond acceptors (Lipinski definition) is 3. The number of alkyl halides is 1. The molecule has 0 aliphatic carbocycles. The van der Waals surface area contributed by atoms with E-state index in [2.05, 4.69) is 26.1 Å². The predicted molar refractivity (Wildman–Crippen MR) is 103 cm³/mol. The van der Waals surface area contributed by atoms with Crippen LogP contribution in [-0.2, 0) is 11.5 Å². The first-order chi connectivity index (χ1) is 14.0. The standard InChI is InChI=1S/C20H17F2N5O2/c1-10-17(19(28)25-13-3-5-16-12(7-13)9-23-27-16)18(26-20(29)24-10)14-4-2-11(8-21)6-15(14)22/h2-7,9,18H,8H2,1H3,(H,23,27)(H,25,28)(H2,24,26,29). The van der Waals surface area contributed by atoms with Gasteiger partial charge in [-0.25, -0.2) is 13.6 Å². The molecule has 2 aromatic carbocycles. The SMILES string of the molecule is CC1=C(C(=O)Nc2ccc3[nH]ncc3c2)C(c2ccc(CF)cc2F)NC(=O)N1. The van der Waals surface area contributed by atoms with Crippen molar-refractivity contribution in [2.75, 3.05) is 5.32 Å². The topological polar surface area (TPSA) is 98.9 Å². The summed E-state index contributed by atoms with van der Waals surface area (Å²) in [4.78, 5) is 25.0. The number of nitrogens with one attached hydrogen (secondary N) is 4. The quantitative estimate of drug-likeness (QED) is 0.543. The number of benzene rings is 2. The summed E-state index contributed by atoms with van der Waals surface area (Å²) in [6.45, 7) is 0.752. The second kappa shape index (κ2) is 7.34. The Morgan fingerprint density at radius 2 is 2.07 bits per heavy atom. The molecule has 1 aliphatic rings. The minimum atomic E-state index is -1.02. The van der Waals surface area contributed by atoms with Gasteiger partial charge in [-0.2, -0.15) is 5.10 Å². The molecule has 9 heteroatoms. The van der Waals surface area contributed by atoms with Crippen molar-refractivity contribution in [2.24, 2.45) is 0 Å². The molecule has 0 spiro atoms. The molecule has 0 saturated heterocycles. The summed E-state index contributed by atoms with van der Waals surface area (Å²) in [7, 11) is 0. The molecule has 0 saturated carbocycles. The Kier molecular flexibility index (Phi) is 4.71. The van der Waals surface area contributed by atoms with E-state index >= 15 is 0 Å². The number of rotatable bonds is 4. The summed E-state index contributed by atoms with van der Waals surface area (Å²) in [5.74, 6) is -1.21. The van der Waals surface area contributed by atoms with Crippen LogP contribution in [0.25, 0.3) is 10.9 Å². The van der Waals surface area contributed by atoms with Gasteiger partial charge < -0.3 is 16.0 Å². The van der Waals surface area contributed by atoms with Gasteiger partial charge in [0.1, 0.15) is 12.5 Å². The van der Waals surface area contributed by atoms with E-state index in [1.807, 2.05) is 0 Å². The number of amides is 3. The maximum absolute atomic E-state index is 14.6. The highest BCUT2D eigenvalue weighted by molar-refractivity contribution is 6.07. The van der Waals surface area contributed by atoms with Gasteiger partial charge >= 0.3 is 6.03 Å². The highest BCUT2D eigenvalue weighted by atomic mass is 19.1. The second-order valence-electron chi connectivity index (χ2n) is 6.69. The van der Waals surface area contributed by atoms with Gasteiger partial charge in [0.25, 0.3) is 5.91 Å². The summed E-state index contributed by atoms with van der Waals surface area (Å²) in [5, 5.41) is 15.4. The van der Waals surface area contributed by atoms with Crippen LogP contribution in [-0.4, -0.2) is 22.1 Å². The van der Waals surface area contributed by atoms with Gasteiger partial charge in [0.2, 0.25) is 0 Å². The number of fused-ring (bicyclic) bond motifs is 1. The van der Waals surface area contributed by atoms with E-state index < -0.39 is 30.5 Å². The Morgan fingerprint density at radius 1 is 1.24 bits per heavy atom. The molecule has 0 radical (unpaired) electrons. The summed E-state index contributed by atoms with van der Waals surface area (Å²) in [6, 6.07) is 7.49. The molecule has 0 fully saturated rings. The van der Waals surface area contributed by atoms with Crippen LogP contribution in [0.15, 0.2) is 53.9 Å². The number of nitrogens with zero attached hydrogens (tertiary/aromatic N) is 1. The number of aromatic nitrogens is 2. The number of hydrogen-bond donors (Lipinski definition) is 4. The highest BCUT2D eigenvalue weighted by Crippen LogP contribution is 2.30. The summed E-state index contributed by atoms with van der Waals surface area (Å²) in [6.07, 6.45) is 1.63. The van der Waals surface area contributed by atoms with Crippen LogP contribution < -0.4 is 16.0 Å². The molecule has 1 aliphatic heterocycles. The fraction of sp³-hybridized carbons (Fsp3) is 0.150. The smallest absolute Gasteiger partial charge is 0.319 e. The lowest BCUT2D eigenvalue weighted by atomic mass is 9.93. The van der Waals surface area contributed by atoms with Gasteiger partial charge in [-0.05, 0) is 36.8 Å². The number of urea groups is 1. The zero-order valence-corrected chi connectivity index (χ0v) is 15.3. The van der Waals surface area contributed by atoms with E-state index in [-0.39, 0.29) is 16.7 Å². The number of halogens is 2. The summed E-state index contributed by atoms with van der Waals surface area (Å²) >= 11 is 0. The molecule has 3 aromatic rings. The minimum absolute atomic E-state index is 0.0758. The van der Waals surface area contributed by atoms with Gasteiger partial charge in [0.15, 0.2) is 0 Å². The Balaban J connectivity index is 1.69. The molecular weight excluding hydrogens is 380 g/mol. The number of H-pyrrole nitrogens is 1. The molecule has 1 aromatic heterocycles. The maximum atomic E-state index is 14.6. The lowest BCUT2D eigenvalue weighted by molar-refractivity contribution is -0.113. The zero-order chi connectivity index (χ0) is 20.5. The molecule has 148 valence electrons. The normalized spacial score (nSPS) is 16.5. The number of carbonyl (C=O) groups is 2. The molecule has 1 unspecified atom stereocenters. The minimum Gasteiger partial charge on any atom is -0.327 e. The van der Waals surface area contributed by atoms with E-state index in [1.165, 1.54) is 12.1 Å². The molecule has 0 bridgehead atoms. The van der Waals surface area contributed by atoms with E-state index in [9.17, 15) is 18.4 Å². The monoisotopic (exact) mass is 397 g/mol. The van der Waals surface area contributed by atoms with E-state index in [0.717, 1.165) is 17.0 Å². The summed E-state index contributed by atoms with van der Waals surface area (Å²) < 4.78 is 27.4. The van der Waals surface area contributed by atoms with Crippen molar-refractivity contribution in [3.8, 4) is 0 Å². The van der Waals surface area contributed by atoms with Crippen LogP contribution in [0.1, 0.15) is 24.1 Å². The molecule has 1 atom stereocenters. The van der Waals surface area contributed by atoms with Crippen LogP contribution in [0.4, 0.5) is 19.3 Å². The summed E-state index contributed by atoms with van der Waals surface area (Å²) in [5.41, 5.74) is 2.04. The number of aromatic amines is 1. The van der Waals surface area contributed by atoms with Crippen LogP contribution in [0.3, 0.4) is 0 Å². The predicted octanol–water partition coefficient (Wildman–Crippen LogP) is 3.44. The van der Waals surface area contributed by atoms with Gasteiger partial charge in [-0.1, -0.05) is 12.1 Å². The molecule has 4 rings (SSSR count).